The molecular formula is C11H12N2O3. The van der Waals surface area contributed by atoms with Gasteiger partial charge in [-0.25, -0.2) is 0 Å². The molecule has 2 N–H and O–H groups in total. The number of nitrogens with zero attached hydrogens (tertiary/aromatic N) is 1. The molecule has 0 bridgehead atoms. The summed E-state index contributed by atoms with van der Waals surface area (Å²) in [6.45, 7) is 0. The van der Waals surface area contributed by atoms with Gasteiger partial charge < -0.3 is 10.6 Å². The van der Waals surface area contributed by atoms with Gasteiger partial charge in [-0.3, -0.25) is 14.4 Å². The molecule has 0 aliphatic rings. The van der Waals surface area contributed by atoms with Crippen molar-refractivity contribution >= 4 is 18.1 Å². The van der Waals surface area contributed by atoms with Crippen LogP contribution in [0.5, 0.6) is 0 Å². The minimum absolute atomic E-state index is 0.115. The van der Waals surface area contributed by atoms with Crippen molar-refractivity contribution in [3.8, 4) is 0 Å². The molecule has 0 saturated carbocycles. The van der Waals surface area contributed by atoms with Crippen molar-refractivity contribution in [3.05, 3.63) is 34.9 Å². The van der Waals surface area contributed by atoms with Crippen LogP contribution in [0.3, 0.4) is 0 Å². The van der Waals surface area contributed by atoms with Crippen molar-refractivity contribution in [1.29, 1.82) is 0 Å². The summed E-state index contributed by atoms with van der Waals surface area (Å²) in [5.41, 5.74) is 5.73. The Morgan fingerprint density at radius 2 is 1.88 bits per heavy atom. The van der Waals surface area contributed by atoms with E-state index in [1.54, 1.807) is 14.1 Å². The standard InChI is InChI=1S/C11H12N2O3/c1-13(2)11(16)9-5-7(6-14)3-4-8(9)10(12)15/h3-6H,1-2H3,(H2,12,15). The summed E-state index contributed by atoms with van der Waals surface area (Å²) >= 11 is 0. The summed E-state index contributed by atoms with van der Waals surface area (Å²) in [5, 5.41) is 0. The van der Waals surface area contributed by atoms with E-state index in [0.717, 1.165) is 0 Å². The summed E-state index contributed by atoms with van der Waals surface area (Å²) in [4.78, 5) is 34.8. The van der Waals surface area contributed by atoms with Crippen LogP contribution in [0.4, 0.5) is 0 Å². The number of benzene rings is 1. The Morgan fingerprint density at radius 3 is 2.31 bits per heavy atom. The first-order valence-corrected chi connectivity index (χ1v) is 4.58. The Labute approximate surface area is 92.8 Å². The van der Waals surface area contributed by atoms with E-state index in [2.05, 4.69) is 0 Å². The first-order valence-electron chi connectivity index (χ1n) is 4.58. The molecule has 5 nitrogen and oxygen atoms in total. The van der Waals surface area contributed by atoms with Crippen LogP contribution >= 0.6 is 0 Å². The molecule has 0 atom stereocenters. The van der Waals surface area contributed by atoms with E-state index in [1.807, 2.05) is 0 Å². The summed E-state index contributed by atoms with van der Waals surface area (Å²) in [6.07, 6.45) is 0.608. The van der Waals surface area contributed by atoms with Crippen LogP contribution in [0.25, 0.3) is 0 Å². The van der Waals surface area contributed by atoms with Crippen molar-refractivity contribution in [2.75, 3.05) is 14.1 Å². The van der Waals surface area contributed by atoms with Crippen LogP contribution in [0.15, 0.2) is 18.2 Å². The van der Waals surface area contributed by atoms with Crippen molar-refractivity contribution in [1.82, 2.24) is 4.90 Å². The van der Waals surface area contributed by atoms with E-state index in [1.165, 1.54) is 23.1 Å². The summed E-state index contributed by atoms with van der Waals surface area (Å²) in [5.74, 6) is -1.06. The molecule has 5 heteroatoms. The van der Waals surface area contributed by atoms with Gasteiger partial charge in [0, 0.05) is 19.7 Å². The molecule has 0 unspecified atom stereocenters. The molecule has 0 aliphatic carbocycles. The van der Waals surface area contributed by atoms with Crippen molar-refractivity contribution in [2.45, 2.75) is 0 Å². The molecule has 0 aliphatic heterocycles. The van der Waals surface area contributed by atoms with Crippen LogP contribution in [-0.4, -0.2) is 37.1 Å². The molecule has 0 fully saturated rings. The molecule has 0 heterocycles. The van der Waals surface area contributed by atoms with E-state index in [9.17, 15) is 14.4 Å². The molecular weight excluding hydrogens is 208 g/mol. The number of aldehydes is 1. The van der Waals surface area contributed by atoms with Crippen LogP contribution in [0, 0.1) is 0 Å². The highest BCUT2D eigenvalue weighted by Crippen LogP contribution is 2.12. The predicted octanol–water partition coefficient (Wildman–Crippen LogP) is 0.300. The Bertz CT molecular complexity index is 453. The van der Waals surface area contributed by atoms with E-state index in [4.69, 9.17) is 5.73 Å². The number of primary amides is 1. The summed E-state index contributed by atoms with van der Waals surface area (Å²) in [7, 11) is 3.11. The zero-order valence-corrected chi connectivity index (χ0v) is 9.06. The quantitative estimate of drug-likeness (QED) is 0.744. The summed E-state index contributed by atoms with van der Waals surface area (Å²) in [6, 6.07) is 4.18. The lowest BCUT2D eigenvalue weighted by Crippen LogP contribution is -2.26. The first-order chi connectivity index (χ1) is 7.47. The third-order valence-electron chi connectivity index (χ3n) is 2.08. The normalized spacial score (nSPS) is 9.62. The van der Waals surface area contributed by atoms with Gasteiger partial charge >= 0.3 is 0 Å². The van der Waals surface area contributed by atoms with Gasteiger partial charge in [-0.15, -0.1) is 0 Å². The number of hydrogen-bond acceptors (Lipinski definition) is 3. The van der Waals surface area contributed by atoms with E-state index in [0.29, 0.717) is 11.8 Å². The lowest BCUT2D eigenvalue weighted by molar-refractivity contribution is 0.0821. The third kappa shape index (κ3) is 2.25. The van der Waals surface area contributed by atoms with Crippen molar-refractivity contribution in [2.24, 2.45) is 5.73 Å². The maximum atomic E-state index is 11.7. The SMILES string of the molecule is CN(C)C(=O)c1cc(C=O)ccc1C(N)=O. The first kappa shape index (κ1) is 11.9. The number of hydrogen-bond donors (Lipinski definition) is 1. The maximum absolute atomic E-state index is 11.7. The summed E-state index contributed by atoms with van der Waals surface area (Å²) < 4.78 is 0. The average molecular weight is 220 g/mol. The van der Waals surface area contributed by atoms with Gasteiger partial charge in [0.25, 0.3) is 5.91 Å². The van der Waals surface area contributed by atoms with Crippen molar-refractivity contribution in [3.63, 3.8) is 0 Å². The zero-order valence-electron chi connectivity index (χ0n) is 9.06. The van der Waals surface area contributed by atoms with Gasteiger partial charge in [0.15, 0.2) is 0 Å². The monoisotopic (exact) mass is 220 g/mol. The lowest BCUT2D eigenvalue weighted by atomic mass is 10.0. The van der Waals surface area contributed by atoms with E-state index in [-0.39, 0.29) is 17.0 Å². The smallest absolute Gasteiger partial charge is 0.254 e. The lowest BCUT2D eigenvalue weighted by Gasteiger charge is -2.12. The highest BCUT2D eigenvalue weighted by molar-refractivity contribution is 6.07. The largest absolute Gasteiger partial charge is 0.366 e. The highest BCUT2D eigenvalue weighted by Gasteiger charge is 2.17. The molecule has 1 rings (SSSR count). The Kier molecular flexibility index (Phi) is 3.40. The molecule has 0 radical (unpaired) electrons. The predicted molar refractivity (Wildman–Crippen MR) is 58.4 cm³/mol. The molecule has 2 amide bonds. The van der Waals surface area contributed by atoms with E-state index < -0.39 is 5.91 Å². The number of amides is 2. The molecule has 84 valence electrons. The minimum Gasteiger partial charge on any atom is -0.366 e. The fourth-order valence-corrected chi connectivity index (χ4v) is 1.27. The fourth-order valence-electron chi connectivity index (χ4n) is 1.27. The van der Waals surface area contributed by atoms with Crippen molar-refractivity contribution < 1.29 is 14.4 Å². The Balaban J connectivity index is 3.36. The van der Waals surface area contributed by atoms with Gasteiger partial charge in [-0.2, -0.15) is 0 Å². The molecule has 1 aromatic rings. The minimum atomic E-state index is -0.692. The molecule has 0 spiro atoms. The molecule has 0 saturated heterocycles. The zero-order chi connectivity index (χ0) is 12.3. The topological polar surface area (TPSA) is 80.5 Å². The third-order valence-corrected chi connectivity index (χ3v) is 2.08. The average Bonchev–Trinajstić information content (AvgIpc) is 2.26. The maximum Gasteiger partial charge on any atom is 0.254 e. The number of nitrogens with two attached hydrogens (primary N) is 1. The molecule has 16 heavy (non-hydrogen) atoms. The van der Waals surface area contributed by atoms with Gasteiger partial charge in [0.05, 0.1) is 11.1 Å². The Hall–Kier alpha value is -2.17. The van der Waals surface area contributed by atoms with Gasteiger partial charge in [-0.1, -0.05) is 6.07 Å². The second kappa shape index (κ2) is 4.57. The number of carbonyl (C=O) groups is 3. The van der Waals surface area contributed by atoms with Crippen LogP contribution in [-0.2, 0) is 0 Å². The van der Waals surface area contributed by atoms with Gasteiger partial charge in [0.2, 0.25) is 5.91 Å². The second-order valence-electron chi connectivity index (χ2n) is 3.49. The van der Waals surface area contributed by atoms with Crippen LogP contribution < -0.4 is 5.73 Å². The van der Waals surface area contributed by atoms with Gasteiger partial charge in [-0.05, 0) is 12.1 Å². The molecule has 1 aromatic carbocycles. The fraction of sp³-hybridized carbons (Fsp3) is 0.182. The van der Waals surface area contributed by atoms with E-state index >= 15 is 0 Å². The van der Waals surface area contributed by atoms with Crippen LogP contribution in [0.2, 0.25) is 0 Å². The van der Waals surface area contributed by atoms with Gasteiger partial charge in [0.1, 0.15) is 6.29 Å². The second-order valence-corrected chi connectivity index (χ2v) is 3.49. The Morgan fingerprint density at radius 1 is 1.25 bits per heavy atom. The highest BCUT2D eigenvalue weighted by atomic mass is 16.2. The number of carbonyl (C=O) groups excluding carboxylic acids is 3. The molecule has 0 aromatic heterocycles. The number of rotatable bonds is 3. The van der Waals surface area contributed by atoms with Crippen LogP contribution in [0.1, 0.15) is 31.1 Å².